The SMILES string of the molecule is CC(C)OCC(N)c1nn(C)c2ccccc12. The van der Waals surface area contributed by atoms with Crippen molar-refractivity contribution in [2.75, 3.05) is 6.61 Å². The van der Waals surface area contributed by atoms with Crippen molar-refractivity contribution in [1.82, 2.24) is 9.78 Å². The van der Waals surface area contributed by atoms with Gasteiger partial charge in [-0.1, -0.05) is 18.2 Å². The average Bonchev–Trinajstić information content (AvgIpc) is 2.65. The van der Waals surface area contributed by atoms with E-state index in [0.717, 1.165) is 16.6 Å². The zero-order chi connectivity index (χ0) is 12.4. The number of aryl methyl sites for hydroxylation is 1. The average molecular weight is 233 g/mol. The van der Waals surface area contributed by atoms with Gasteiger partial charge in [0.2, 0.25) is 0 Å². The molecule has 0 fully saturated rings. The minimum absolute atomic E-state index is 0.177. The van der Waals surface area contributed by atoms with Gasteiger partial charge in [-0.2, -0.15) is 5.10 Å². The number of ether oxygens (including phenoxy) is 1. The molecule has 1 unspecified atom stereocenters. The largest absolute Gasteiger partial charge is 0.377 e. The first-order valence-electron chi connectivity index (χ1n) is 5.88. The maximum absolute atomic E-state index is 6.12. The van der Waals surface area contributed by atoms with E-state index in [4.69, 9.17) is 10.5 Å². The van der Waals surface area contributed by atoms with E-state index in [2.05, 4.69) is 5.10 Å². The standard InChI is InChI=1S/C13H19N3O/c1-9(2)17-8-11(14)13-10-6-4-5-7-12(10)16(3)15-13/h4-7,9,11H,8,14H2,1-3H3. The van der Waals surface area contributed by atoms with E-state index in [1.165, 1.54) is 0 Å². The molecule has 92 valence electrons. The molecule has 1 aromatic carbocycles. The van der Waals surface area contributed by atoms with Gasteiger partial charge in [0, 0.05) is 12.4 Å². The first kappa shape index (κ1) is 12.1. The summed E-state index contributed by atoms with van der Waals surface area (Å²) in [5.41, 5.74) is 8.13. The molecule has 0 aliphatic rings. The number of fused-ring (bicyclic) bond motifs is 1. The van der Waals surface area contributed by atoms with Crippen LogP contribution < -0.4 is 5.73 Å². The summed E-state index contributed by atoms with van der Waals surface area (Å²) in [6.45, 7) is 4.51. The molecule has 0 saturated heterocycles. The highest BCUT2D eigenvalue weighted by Crippen LogP contribution is 2.22. The molecule has 0 radical (unpaired) electrons. The van der Waals surface area contributed by atoms with Crippen LogP contribution in [0, 0.1) is 0 Å². The van der Waals surface area contributed by atoms with Crippen molar-refractivity contribution in [2.45, 2.75) is 26.0 Å². The van der Waals surface area contributed by atoms with Crippen LogP contribution in [0.1, 0.15) is 25.6 Å². The number of nitrogens with two attached hydrogens (primary N) is 1. The summed E-state index contributed by atoms with van der Waals surface area (Å²) < 4.78 is 7.40. The number of para-hydroxylation sites is 1. The first-order valence-corrected chi connectivity index (χ1v) is 5.88. The fourth-order valence-corrected chi connectivity index (χ4v) is 1.89. The van der Waals surface area contributed by atoms with Crippen molar-refractivity contribution in [2.24, 2.45) is 12.8 Å². The molecule has 1 atom stereocenters. The highest BCUT2D eigenvalue weighted by Gasteiger charge is 2.15. The molecule has 17 heavy (non-hydrogen) atoms. The van der Waals surface area contributed by atoms with Gasteiger partial charge in [0.1, 0.15) is 0 Å². The Hall–Kier alpha value is -1.39. The Kier molecular flexibility index (Phi) is 3.45. The molecule has 0 spiro atoms. The van der Waals surface area contributed by atoms with Crippen LogP contribution in [0.4, 0.5) is 0 Å². The maximum atomic E-state index is 6.12. The Bertz CT molecular complexity index is 504. The number of benzene rings is 1. The van der Waals surface area contributed by atoms with Crippen molar-refractivity contribution in [3.05, 3.63) is 30.0 Å². The van der Waals surface area contributed by atoms with E-state index in [1.54, 1.807) is 0 Å². The number of hydrogen-bond acceptors (Lipinski definition) is 3. The van der Waals surface area contributed by atoms with Crippen molar-refractivity contribution < 1.29 is 4.74 Å². The normalized spacial score (nSPS) is 13.5. The third-order valence-corrected chi connectivity index (χ3v) is 2.75. The second-order valence-electron chi connectivity index (χ2n) is 4.51. The van der Waals surface area contributed by atoms with Crippen LogP contribution in [-0.4, -0.2) is 22.5 Å². The van der Waals surface area contributed by atoms with Crippen LogP contribution in [-0.2, 0) is 11.8 Å². The molecule has 0 bridgehead atoms. The van der Waals surface area contributed by atoms with Crippen LogP contribution in [0.5, 0.6) is 0 Å². The molecule has 1 aromatic heterocycles. The highest BCUT2D eigenvalue weighted by molar-refractivity contribution is 5.82. The van der Waals surface area contributed by atoms with Crippen molar-refractivity contribution in [3.8, 4) is 0 Å². The lowest BCUT2D eigenvalue weighted by atomic mass is 10.1. The molecule has 0 amide bonds. The van der Waals surface area contributed by atoms with E-state index >= 15 is 0 Å². The Morgan fingerprint density at radius 2 is 2.06 bits per heavy atom. The van der Waals surface area contributed by atoms with E-state index in [0.29, 0.717) is 6.61 Å². The molecule has 0 aliphatic heterocycles. The predicted octanol–water partition coefficient (Wildman–Crippen LogP) is 2.00. The summed E-state index contributed by atoms with van der Waals surface area (Å²) in [6.07, 6.45) is 0.191. The summed E-state index contributed by atoms with van der Waals surface area (Å²) in [5.74, 6) is 0. The molecule has 2 aromatic rings. The van der Waals surface area contributed by atoms with E-state index in [9.17, 15) is 0 Å². The molecular formula is C13H19N3O. The second-order valence-corrected chi connectivity index (χ2v) is 4.51. The minimum atomic E-state index is -0.177. The lowest BCUT2D eigenvalue weighted by Gasteiger charge is -2.12. The van der Waals surface area contributed by atoms with Gasteiger partial charge < -0.3 is 10.5 Å². The quantitative estimate of drug-likeness (QED) is 0.878. The molecule has 1 heterocycles. The fraction of sp³-hybridized carbons (Fsp3) is 0.462. The summed E-state index contributed by atoms with van der Waals surface area (Å²) in [5, 5.41) is 5.59. The lowest BCUT2D eigenvalue weighted by Crippen LogP contribution is -2.20. The highest BCUT2D eigenvalue weighted by atomic mass is 16.5. The van der Waals surface area contributed by atoms with Crippen molar-refractivity contribution >= 4 is 10.9 Å². The third kappa shape index (κ3) is 2.48. The monoisotopic (exact) mass is 233 g/mol. The Morgan fingerprint density at radius 3 is 2.76 bits per heavy atom. The molecule has 4 nitrogen and oxygen atoms in total. The summed E-state index contributed by atoms with van der Waals surface area (Å²) in [7, 11) is 1.93. The summed E-state index contributed by atoms with van der Waals surface area (Å²) in [6, 6.07) is 7.92. The summed E-state index contributed by atoms with van der Waals surface area (Å²) in [4.78, 5) is 0. The van der Waals surface area contributed by atoms with Crippen LogP contribution in [0.15, 0.2) is 24.3 Å². The second kappa shape index (κ2) is 4.85. The zero-order valence-corrected chi connectivity index (χ0v) is 10.6. The topological polar surface area (TPSA) is 53.1 Å². The van der Waals surface area contributed by atoms with Gasteiger partial charge >= 0.3 is 0 Å². The molecule has 0 saturated carbocycles. The Morgan fingerprint density at radius 1 is 1.35 bits per heavy atom. The fourth-order valence-electron chi connectivity index (χ4n) is 1.89. The number of nitrogens with zero attached hydrogens (tertiary/aromatic N) is 2. The van der Waals surface area contributed by atoms with Crippen molar-refractivity contribution in [3.63, 3.8) is 0 Å². The Labute approximate surface area is 101 Å². The summed E-state index contributed by atoms with van der Waals surface area (Å²) >= 11 is 0. The van der Waals surface area contributed by atoms with Crippen LogP contribution in [0.3, 0.4) is 0 Å². The Balaban J connectivity index is 2.29. The molecule has 4 heteroatoms. The van der Waals surface area contributed by atoms with Gasteiger partial charge in [-0.3, -0.25) is 4.68 Å². The number of aromatic nitrogens is 2. The van der Waals surface area contributed by atoms with Gasteiger partial charge in [0.15, 0.2) is 0 Å². The molecule has 0 aliphatic carbocycles. The van der Waals surface area contributed by atoms with E-state index < -0.39 is 0 Å². The minimum Gasteiger partial charge on any atom is -0.377 e. The first-order chi connectivity index (χ1) is 8.09. The van der Waals surface area contributed by atoms with E-state index in [-0.39, 0.29) is 12.1 Å². The molecular weight excluding hydrogens is 214 g/mol. The predicted molar refractivity (Wildman–Crippen MR) is 68.7 cm³/mol. The third-order valence-electron chi connectivity index (χ3n) is 2.75. The van der Waals surface area contributed by atoms with Gasteiger partial charge in [-0.25, -0.2) is 0 Å². The van der Waals surface area contributed by atoms with Crippen molar-refractivity contribution in [1.29, 1.82) is 0 Å². The van der Waals surface area contributed by atoms with Gasteiger partial charge in [0.05, 0.1) is 30.0 Å². The van der Waals surface area contributed by atoms with E-state index in [1.807, 2.05) is 49.8 Å². The number of hydrogen-bond donors (Lipinski definition) is 1. The smallest absolute Gasteiger partial charge is 0.0893 e. The van der Waals surface area contributed by atoms with Gasteiger partial charge in [-0.15, -0.1) is 0 Å². The number of rotatable bonds is 4. The molecule has 2 rings (SSSR count). The van der Waals surface area contributed by atoms with Gasteiger partial charge in [-0.05, 0) is 19.9 Å². The van der Waals surface area contributed by atoms with Crippen LogP contribution in [0.25, 0.3) is 10.9 Å². The van der Waals surface area contributed by atoms with Gasteiger partial charge in [0.25, 0.3) is 0 Å². The van der Waals surface area contributed by atoms with Crippen LogP contribution in [0.2, 0.25) is 0 Å². The van der Waals surface area contributed by atoms with Crippen LogP contribution >= 0.6 is 0 Å². The lowest BCUT2D eigenvalue weighted by molar-refractivity contribution is 0.0677. The maximum Gasteiger partial charge on any atom is 0.0893 e. The molecule has 2 N–H and O–H groups in total. The zero-order valence-electron chi connectivity index (χ0n) is 10.6.